The van der Waals surface area contributed by atoms with E-state index in [4.69, 9.17) is 5.73 Å². The van der Waals surface area contributed by atoms with Gasteiger partial charge in [-0.05, 0) is 23.6 Å². The fourth-order valence-corrected chi connectivity index (χ4v) is 2.96. The summed E-state index contributed by atoms with van der Waals surface area (Å²) in [5.41, 5.74) is 4.78. The SMILES string of the molecule is NC1([N+](=O)[O-])C=CC(S(=O)(=O)O)=C(Cc2ccccc2)C1. The summed E-state index contributed by atoms with van der Waals surface area (Å²) < 4.78 is 32.1. The van der Waals surface area contributed by atoms with Crippen molar-refractivity contribution in [3.63, 3.8) is 0 Å². The van der Waals surface area contributed by atoms with Gasteiger partial charge in [-0.3, -0.25) is 20.4 Å². The minimum atomic E-state index is -4.46. The lowest BCUT2D eigenvalue weighted by atomic mass is 9.91. The standard InChI is InChI=1S/C13H14N2O5S/c14-13(15(16)17)7-6-12(21(18,19)20)11(9-13)8-10-4-2-1-3-5-10/h1-7H,8-9,14H2,(H,18,19,20). The molecule has 0 heterocycles. The van der Waals surface area contributed by atoms with Crippen LogP contribution >= 0.6 is 0 Å². The Morgan fingerprint density at radius 3 is 2.48 bits per heavy atom. The summed E-state index contributed by atoms with van der Waals surface area (Å²) >= 11 is 0. The third kappa shape index (κ3) is 3.35. The molecule has 0 bridgehead atoms. The Labute approximate surface area is 121 Å². The smallest absolute Gasteiger partial charge is 0.282 e. The van der Waals surface area contributed by atoms with Crippen LogP contribution in [0.4, 0.5) is 0 Å². The van der Waals surface area contributed by atoms with Gasteiger partial charge in [0.05, 0.1) is 11.3 Å². The Morgan fingerprint density at radius 1 is 1.33 bits per heavy atom. The molecule has 0 saturated heterocycles. The second-order valence-corrected chi connectivity index (χ2v) is 6.25. The number of nitrogens with zero attached hydrogens (tertiary/aromatic N) is 1. The van der Waals surface area contributed by atoms with Crippen LogP contribution < -0.4 is 5.73 Å². The Hall–Kier alpha value is -2.03. The van der Waals surface area contributed by atoms with Crippen molar-refractivity contribution in [2.24, 2.45) is 5.73 Å². The molecule has 0 saturated carbocycles. The minimum Gasteiger partial charge on any atom is -0.282 e. The lowest BCUT2D eigenvalue weighted by Crippen LogP contribution is -2.47. The quantitative estimate of drug-likeness (QED) is 0.373. The first-order valence-corrected chi connectivity index (χ1v) is 7.52. The molecule has 2 rings (SSSR count). The highest BCUT2D eigenvalue weighted by atomic mass is 32.2. The van der Waals surface area contributed by atoms with Gasteiger partial charge in [0.25, 0.3) is 15.8 Å². The molecule has 1 aromatic rings. The van der Waals surface area contributed by atoms with Crippen LogP contribution in [0.5, 0.6) is 0 Å². The van der Waals surface area contributed by atoms with Gasteiger partial charge in [0, 0.05) is 11.0 Å². The van der Waals surface area contributed by atoms with Gasteiger partial charge in [0.2, 0.25) is 0 Å². The number of nitro groups is 1. The van der Waals surface area contributed by atoms with Crippen molar-refractivity contribution in [1.82, 2.24) is 0 Å². The Kier molecular flexibility index (Phi) is 3.95. The van der Waals surface area contributed by atoms with Gasteiger partial charge in [0.15, 0.2) is 0 Å². The molecule has 0 spiro atoms. The highest BCUT2D eigenvalue weighted by molar-refractivity contribution is 7.90. The first-order chi connectivity index (χ1) is 9.72. The van der Waals surface area contributed by atoms with Crippen LogP contribution in [-0.2, 0) is 16.5 Å². The van der Waals surface area contributed by atoms with E-state index in [1.807, 2.05) is 0 Å². The molecule has 21 heavy (non-hydrogen) atoms. The summed E-state index contributed by atoms with van der Waals surface area (Å²) in [5, 5.41) is 11.0. The van der Waals surface area contributed by atoms with Crippen molar-refractivity contribution in [2.45, 2.75) is 18.5 Å². The van der Waals surface area contributed by atoms with Crippen molar-refractivity contribution in [2.75, 3.05) is 0 Å². The first kappa shape index (κ1) is 15.4. The van der Waals surface area contributed by atoms with E-state index < -0.39 is 20.7 Å². The molecule has 0 radical (unpaired) electrons. The normalized spacial score (nSPS) is 22.4. The van der Waals surface area contributed by atoms with Gasteiger partial charge in [-0.25, -0.2) is 0 Å². The molecule has 0 aromatic heterocycles. The van der Waals surface area contributed by atoms with Crippen molar-refractivity contribution < 1.29 is 17.9 Å². The highest BCUT2D eigenvalue weighted by Gasteiger charge is 2.40. The van der Waals surface area contributed by atoms with Crippen LogP contribution in [0.25, 0.3) is 0 Å². The third-order valence-electron chi connectivity index (χ3n) is 3.25. The van der Waals surface area contributed by atoms with E-state index in [2.05, 4.69) is 0 Å². The van der Waals surface area contributed by atoms with Crippen molar-refractivity contribution >= 4 is 10.1 Å². The zero-order valence-corrected chi connectivity index (χ0v) is 11.8. The van der Waals surface area contributed by atoms with Crippen LogP contribution in [0.2, 0.25) is 0 Å². The third-order valence-corrected chi connectivity index (χ3v) is 4.23. The number of nitrogens with two attached hydrogens (primary N) is 1. The van der Waals surface area contributed by atoms with E-state index in [0.717, 1.165) is 17.7 Å². The van der Waals surface area contributed by atoms with E-state index in [-0.39, 0.29) is 23.3 Å². The molecule has 0 amide bonds. The molecular weight excluding hydrogens is 296 g/mol. The molecule has 0 aliphatic heterocycles. The summed E-state index contributed by atoms with van der Waals surface area (Å²) in [4.78, 5) is 10.0. The van der Waals surface area contributed by atoms with Crippen LogP contribution in [0.3, 0.4) is 0 Å². The Morgan fingerprint density at radius 2 is 1.95 bits per heavy atom. The van der Waals surface area contributed by atoms with Crippen LogP contribution in [0, 0.1) is 10.1 Å². The number of hydrogen-bond acceptors (Lipinski definition) is 5. The van der Waals surface area contributed by atoms with E-state index in [1.54, 1.807) is 30.3 Å². The van der Waals surface area contributed by atoms with Crippen molar-refractivity contribution in [3.8, 4) is 0 Å². The number of rotatable bonds is 4. The monoisotopic (exact) mass is 310 g/mol. The molecule has 1 aromatic carbocycles. The zero-order chi connectivity index (χ0) is 15.7. The summed E-state index contributed by atoms with van der Waals surface area (Å²) in [5.74, 6) is 0. The van der Waals surface area contributed by atoms with Gasteiger partial charge < -0.3 is 0 Å². The lowest BCUT2D eigenvalue weighted by Gasteiger charge is -2.23. The maximum atomic E-state index is 11.4. The fourth-order valence-electron chi connectivity index (χ4n) is 2.21. The van der Waals surface area contributed by atoms with Crippen LogP contribution in [0.1, 0.15) is 12.0 Å². The molecule has 1 aliphatic rings. The van der Waals surface area contributed by atoms with E-state index in [0.29, 0.717) is 0 Å². The van der Waals surface area contributed by atoms with Crippen molar-refractivity contribution in [1.29, 1.82) is 0 Å². The molecule has 1 aliphatic carbocycles. The summed E-state index contributed by atoms with van der Waals surface area (Å²) in [7, 11) is -4.46. The van der Waals surface area contributed by atoms with Gasteiger partial charge in [-0.1, -0.05) is 30.3 Å². The summed E-state index contributed by atoms with van der Waals surface area (Å²) in [6, 6.07) is 8.86. The minimum absolute atomic E-state index is 0.160. The largest absolute Gasteiger partial charge is 0.295 e. The zero-order valence-electron chi connectivity index (χ0n) is 11.0. The average Bonchev–Trinajstić information content (AvgIpc) is 2.38. The second kappa shape index (κ2) is 5.40. The molecule has 3 N–H and O–H groups in total. The van der Waals surface area contributed by atoms with Gasteiger partial charge in [0.1, 0.15) is 0 Å². The predicted octanol–water partition coefficient (Wildman–Crippen LogP) is 1.26. The first-order valence-electron chi connectivity index (χ1n) is 6.08. The molecule has 7 nitrogen and oxygen atoms in total. The Bertz CT molecular complexity index is 724. The van der Waals surface area contributed by atoms with Gasteiger partial charge >= 0.3 is 0 Å². The van der Waals surface area contributed by atoms with Gasteiger partial charge in [-0.2, -0.15) is 8.42 Å². The van der Waals surface area contributed by atoms with E-state index >= 15 is 0 Å². The average molecular weight is 310 g/mol. The van der Waals surface area contributed by atoms with Crippen LogP contribution in [0.15, 0.2) is 53.0 Å². The molecule has 1 atom stereocenters. The number of hydrogen-bond donors (Lipinski definition) is 2. The number of allylic oxidation sites excluding steroid dienone is 1. The van der Waals surface area contributed by atoms with E-state index in [1.165, 1.54) is 0 Å². The molecule has 1 unspecified atom stereocenters. The Balaban J connectivity index is 2.45. The topological polar surface area (TPSA) is 124 Å². The maximum Gasteiger partial charge on any atom is 0.295 e. The predicted molar refractivity (Wildman–Crippen MR) is 76.4 cm³/mol. The number of benzene rings is 1. The lowest BCUT2D eigenvalue weighted by molar-refractivity contribution is -0.553. The summed E-state index contributed by atoms with van der Waals surface area (Å²) in [6.07, 6.45) is 1.87. The summed E-state index contributed by atoms with van der Waals surface area (Å²) in [6.45, 7) is 0. The molecule has 0 fully saturated rings. The highest BCUT2D eigenvalue weighted by Crippen LogP contribution is 2.30. The van der Waals surface area contributed by atoms with Crippen LogP contribution in [-0.4, -0.2) is 23.6 Å². The molecule has 112 valence electrons. The van der Waals surface area contributed by atoms with Gasteiger partial charge in [-0.15, -0.1) is 0 Å². The fraction of sp³-hybridized carbons (Fsp3) is 0.231. The van der Waals surface area contributed by atoms with E-state index in [9.17, 15) is 23.1 Å². The van der Waals surface area contributed by atoms with Crippen molar-refractivity contribution in [3.05, 3.63) is 68.6 Å². The molecule has 8 heteroatoms. The maximum absolute atomic E-state index is 11.4. The molecular formula is C13H14N2O5S. The second-order valence-electron chi connectivity index (χ2n) is 4.86.